The molecule has 1 N–H and O–H groups in total. The van der Waals surface area contributed by atoms with Gasteiger partial charge >= 0.3 is 5.97 Å². The van der Waals surface area contributed by atoms with Crippen molar-refractivity contribution in [3.8, 4) is 5.75 Å². The van der Waals surface area contributed by atoms with Crippen molar-refractivity contribution in [1.82, 2.24) is 5.32 Å². The number of methoxy groups -OCH3 is 1. The SMILES string of the molecule is CCCOc1ccc(S(=O)C2=C(C)NC(C)=C(C(=O)OC)C2c2cccc(Cl)c2Cl)cc1. The summed E-state index contributed by atoms with van der Waals surface area (Å²) in [7, 11) is -0.280. The predicted molar refractivity (Wildman–Crippen MR) is 128 cm³/mol. The Bertz CT molecular complexity index is 1110. The lowest BCUT2D eigenvalue weighted by atomic mass is 9.86. The molecule has 1 aliphatic rings. The molecule has 2 unspecified atom stereocenters. The Morgan fingerprint density at radius 1 is 1.09 bits per heavy atom. The molecule has 1 aliphatic heterocycles. The van der Waals surface area contributed by atoms with Crippen LogP contribution in [-0.2, 0) is 20.3 Å². The van der Waals surface area contributed by atoms with Gasteiger partial charge in [-0.3, -0.25) is 0 Å². The second-order valence-corrected chi connectivity index (χ2v) is 9.54. The van der Waals surface area contributed by atoms with Crippen LogP contribution in [0.4, 0.5) is 0 Å². The van der Waals surface area contributed by atoms with E-state index in [1.54, 1.807) is 49.4 Å². The van der Waals surface area contributed by atoms with Crippen LogP contribution in [0, 0.1) is 0 Å². The van der Waals surface area contributed by atoms with Gasteiger partial charge in [-0.1, -0.05) is 42.3 Å². The predicted octanol–water partition coefficient (Wildman–Crippen LogP) is 5.96. The normalized spacial score (nSPS) is 17.1. The zero-order valence-corrected chi connectivity index (χ0v) is 20.7. The van der Waals surface area contributed by atoms with E-state index >= 15 is 0 Å². The summed E-state index contributed by atoms with van der Waals surface area (Å²) in [5.41, 5.74) is 2.22. The molecule has 0 spiro atoms. The third-order valence-corrected chi connectivity index (χ3v) is 7.58. The summed E-state index contributed by atoms with van der Waals surface area (Å²) in [6.07, 6.45) is 0.898. The Labute approximate surface area is 200 Å². The fourth-order valence-electron chi connectivity index (χ4n) is 3.65. The van der Waals surface area contributed by atoms with E-state index in [2.05, 4.69) is 5.32 Å². The highest BCUT2D eigenvalue weighted by molar-refractivity contribution is 7.89. The molecule has 0 aromatic heterocycles. The summed E-state index contributed by atoms with van der Waals surface area (Å²) in [6.45, 7) is 6.25. The summed E-state index contributed by atoms with van der Waals surface area (Å²) in [5, 5.41) is 3.84. The largest absolute Gasteiger partial charge is 0.494 e. The Morgan fingerprint density at radius 2 is 1.78 bits per heavy atom. The highest BCUT2D eigenvalue weighted by atomic mass is 35.5. The molecule has 0 radical (unpaired) electrons. The quantitative estimate of drug-likeness (QED) is 0.482. The first kappa shape index (κ1) is 24.4. The molecule has 170 valence electrons. The minimum atomic E-state index is -1.60. The number of allylic oxidation sites excluding steroid dienone is 3. The maximum atomic E-state index is 13.8. The molecule has 8 heteroatoms. The number of halogens is 2. The van der Waals surface area contributed by atoms with Gasteiger partial charge in [0.05, 0.1) is 51.0 Å². The molecule has 3 rings (SSSR count). The maximum Gasteiger partial charge on any atom is 0.336 e. The summed E-state index contributed by atoms with van der Waals surface area (Å²) >= 11 is 12.8. The van der Waals surface area contributed by atoms with E-state index in [4.69, 9.17) is 32.7 Å². The van der Waals surface area contributed by atoms with Crippen molar-refractivity contribution < 1.29 is 18.5 Å². The van der Waals surface area contributed by atoms with E-state index in [1.165, 1.54) is 7.11 Å². The third-order valence-electron chi connectivity index (χ3n) is 5.11. The molecule has 2 atom stereocenters. The molecule has 0 bridgehead atoms. The third kappa shape index (κ3) is 4.87. The second kappa shape index (κ2) is 10.6. The van der Waals surface area contributed by atoms with Crippen molar-refractivity contribution in [2.24, 2.45) is 0 Å². The number of hydrogen-bond acceptors (Lipinski definition) is 5. The Morgan fingerprint density at radius 3 is 2.41 bits per heavy atom. The maximum absolute atomic E-state index is 13.8. The number of carbonyl (C=O) groups excluding carboxylic acids is 1. The van der Waals surface area contributed by atoms with E-state index in [1.807, 2.05) is 13.8 Å². The monoisotopic (exact) mass is 493 g/mol. The lowest BCUT2D eigenvalue weighted by molar-refractivity contribution is -0.136. The standard InChI is InChI=1S/C24H25Cl2NO4S/c1-5-13-31-16-9-11-17(12-10-16)32(29)23-15(3)27-14(2)20(24(28)30-4)21(23)18-7-6-8-19(25)22(18)26/h6-12,21,27H,5,13H2,1-4H3. The highest BCUT2D eigenvalue weighted by Gasteiger charge is 2.38. The molecular weight excluding hydrogens is 469 g/mol. The molecule has 2 aromatic rings. The second-order valence-electron chi connectivity index (χ2n) is 7.31. The average Bonchev–Trinajstić information content (AvgIpc) is 2.78. The van der Waals surface area contributed by atoms with Crippen molar-refractivity contribution in [3.05, 3.63) is 79.9 Å². The number of dihydropyridines is 1. The van der Waals surface area contributed by atoms with Gasteiger partial charge in [0, 0.05) is 16.3 Å². The molecule has 0 aliphatic carbocycles. The van der Waals surface area contributed by atoms with Crippen LogP contribution in [0.1, 0.15) is 38.7 Å². The highest BCUT2D eigenvalue weighted by Crippen LogP contribution is 2.45. The lowest BCUT2D eigenvalue weighted by Gasteiger charge is -2.31. The van der Waals surface area contributed by atoms with Crippen LogP contribution in [0.5, 0.6) is 5.75 Å². The van der Waals surface area contributed by atoms with Crippen LogP contribution < -0.4 is 10.1 Å². The van der Waals surface area contributed by atoms with Crippen LogP contribution >= 0.6 is 23.2 Å². The van der Waals surface area contributed by atoms with E-state index in [-0.39, 0.29) is 0 Å². The van der Waals surface area contributed by atoms with E-state index in [0.717, 1.165) is 6.42 Å². The number of nitrogens with one attached hydrogen (secondary N) is 1. The fraction of sp³-hybridized carbons (Fsp3) is 0.292. The smallest absolute Gasteiger partial charge is 0.336 e. The molecule has 0 amide bonds. The van der Waals surface area contributed by atoms with Gasteiger partial charge in [0.2, 0.25) is 0 Å². The summed E-state index contributed by atoms with van der Waals surface area (Å²) < 4.78 is 24.5. The minimum Gasteiger partial charge on any atom is -0.494 e. The summed E-state index contributed by atoms with van der Waals surface area (Å²) in [5.74, 6) is -0.506. The van der Waals surface area contributed by atoms with Crippen LogP contribution in [0.2, 0.25) is 10.0 Å². The van der Waals surface area contributed by atoms with Crippen LogP contribution in [0.15, 0.2) is 69.2 Å². The number of rotatable bonds is 7. The van der Waals surface area contributed by atoms with Crippen molar-refractivity contribution in [3.63, 3.8) is 0 Å². The zero-order valence-electron chi connectivity index (χ0n) is 18.3. The van der Waals surface area contributed by atoms with Gasteiger partial charge in [-0.05, 0) is 56.2 Å². The molecule has 0 fully saturated rings. The first-order valence-electron chi connectivity index (χ1n) is 10.2. The number of benzene rings is 2. The topological polar surface area (TPSA) is 64.6 Å². The Hall–Kier alpha value is -2.28. The summed E-state index contributed by atoms with van der Waals surface area (Å²) in [4.78, 5) is 13.9. The van der Waals surface area contributed by atoms with E-state index in [9.17, 15) is 9.00 Å². The van der Waals surface area contributed by atoms with Gasteiger partial charge in [0.25, 0.3) is 0 Å². The molecule has 2 aromatic carbocycles. The minimum absolute atomic E-state index is 0.306. The molecule has 0 saturated carbocycles. The molecule has 0 saturated heterocycles. The number of carbonyl (C=O) groups is 1. The van der Waals surface area contributed by atoms with Crippen molar-refractivity contribution in [1.29, 1.82) is 0 Å². The average molecular weight is 494 g/mol. The van der Waals surface area contributed by atoms with Gasteiger partial charge in [-0.15, -0.1) is 0 Å². The number of esters is 1. The van der Waals surface area contributed by atoms with Gasteiger partial charge in [-0.25, -0.2) is 9.00 Å². The van der Waals surface area contributed by atoms with Crippen LogP contribution in [0.25, 0.3) is 0 Å². The first-order valence-corrected chi connectivity index (χ1v) is 12.1. The van der Waals surface area contributed by atoms with Gasteiger partial charge in [-0.2, -0.15) is 0 Å². The molecular formula is C24H25Cl2NO4S. The first-order chi connectivity index (χ1) is 15.3. The van der Waals surface area contributed by atoms with Gasteiger partial charge < -0.3 is 14.8 Å². The van der Waals surface area contributed by atoms with Crippen molar-refractivity contribution >= 4 is 40.0 Å². The van der Waals surface area contributed by atoms with Crippen LogP contribution in [0.3, 0.4) is 0 Å². The fourth-order valence-corrected chi connectivity index (χ4v) is 5.49. The summed E-state index contributed by atoms with van der Waals surface area (Å²) in [6, 6.07) is 12.3. The van der Waals surface area contributed by atoms with Crippen molar-refractivity contribution in [2.75, 3.05) is 13.7 Å². The Balaban J connectivity index is 2.13. The van der Waals surface area contributed by atoms with Crippen molar-refractivity contribution in [2.45, 2.75) is 38.0 Å². The number of ether oxygens (including phenoxy) is 2. The lowest BCUT2D eigenvalue weighted by Crippen LogP contribution is -2.30. The van der Waals surface area contributed by atoms with E-state index in [0.29, 0.717) is 54.7 Å². The molecule has 1 heterocycles. The molecule has 5 nitrogen and oxygen atoms in total. The zero-order chi connectivity index (χ0) is 23.4. The number of hydrogen-bond donors (Lipinski definition) is 1. The van der Waals surface area contributed by atoms with E-state index < -0.39 is 22.7 Å². The molecule has 32 heavy (non-hydrogen) atoms. The van der Waals surface area contributed by atoms with Crippen LogP contribution in [-0.4, -0.2) is 23.9 Å². The van der Waals surface area contributed by atoms with Gasteiger partial charge in [0.1, 0.15) is 5.75 Å². The Kier molecular flexibility index (Phi) is 8.04. The van der Waals surface area contributed by atoms with Gasteiger partial charge in [0.15, 0.2) is 0 Å².